The minimum absolute atomic E-state index is 0.0356. The molecule has 21 heavy (non-hydrogen) atoms. The highest BCUT2D eigenvalue weighted by atomic mass is 32.2. The van der Waals surface area contributed by atoms with Crippen molar-refractivity contribution >= 4 is 15.7 Å². The molecule has 1 unspecified atom stereocenters. The first-order chi connectivity index (χ1) is 9.96. The van der Waals surface area contributed by atoms with Crippen LogP contribution in [0.2, 0.25) is 0 Å². The molecule has 1 amide bonds. The summed E-state index contributed by atoms with van der Waals surface area (Å²) >= 11 is 0. The number of hydrogen-bond donors (Lipinski definition) is 1. The fourth-order valence-electron chi connectivity index (χ4n) is 2.38. The number of pyridine rings is 1. The van der Waals surface area contributed by atoms with Crippen molar-refractivity contribution in [1.82, 2.24) is 15.2 Å². The van der Waals surface area contributed by atoms with Crippen molar-refractivity contribution in [2.45, 2.75) is 25.4 Å². The van der Waals surface area contributed by atoms with E-state index in [0.29, 0.717) is 25.9 Å². The Morgan fingerprint density at radius 2 is 2.33 bits per heavy atom. The van der Waals surface area contributed by atoms with Crippen LogP contribution < -0.4 is 5.32 Å². The third-order valence-electron chi connectivity index (χ3n) is 3.74. The van der Waals surface area contributed by atoms with E-state index in [1.807, 2.05) is 24.1 Å². The highest BCUT2D eigenvalue weighted by molar-refractivity contribution is 7.91. The van der Waals surface area contributed by atoms with Crippen molar-refractivity contribution < 1.29 is 13.2 Å². The Morgan fingerprint density at radius 3 is 2.95 bits per heavy atom. The van der Waals surface area contributed by atoms with Gasteiger partial charge < -0.3 is 10.2 Å². The molecular weight excluding hydrogens is 290 g/mol. The molecule has 2 rings (SSSR count). The largest absolute Gasteiger partial charge is 0.352 e. The van der Waals surface area contributed by atoms with Gasteiger partial charge in [0.2, 0.25) is 5.91 Å². The summed E-state index contributed by atoms with van der Waals surface area (Å²) in [6.07, 6.45) is 4.44. The van der Waals surface area contributed by atoms with Crippen LogP contribution in [0.5, 0.6) is 0 Å². The Bertz CT molecular complexity index is 574. The van der Waals surface area contributed by atoms with Gasteiger partial charge >= 0.3 is 0 Å². The highest BCUT2D eigenvalue weighted by Gasteiger charge is 2.30. The summed E-state index contributed by atoms with van der Waals surface area (Å²) in [6, 6.07) is 3.78. The number of nitrogens with one attached hydrogen (secondary N) is 1. The lowest BCUT2D eigenvalue weighted by Crippen LogP contribution is -2.36. The van der Waals surface area contributed by atoms with Gasteiger partial charge in [-0.15, -0.1) is 0 Å². The van der Waals surface area contributed by atoms with E-state index < -0.39 is 9.84 Å². The molecule has 1 atom stereocenters. The lowest BCUT2D eigenvalue weighted by Gasteiger charge is -2.22. The van der Waals surface area contributed by atoms with E-state index in [1.54, 1.807) is 12.4 Å². The van der Waals surface area contributed by atoms with Gasteiger partial charge in [0.15, 0.2) is 9.84 Å². The summed E-state index contributed by atoms with van der Waals surface area (Å²) in [4.78, 5) is 17.7. The van der Waals surface area contributed by atoms with E-state index in [1.165, 1.54) is 0 Å². The maximum absolute atomic E-state index is 11.8. The molecule has 0 saturated carbocycles. The average molecular weight is 311 g/mol. The van der Waals surface area contributed by atoms with Crippen LogP contribution in [-0.4, -0.2) is 55.3 Å². The fraction of sp³-hybridized carbons (Fsp3) is 0.571. The highest BCUT2D eigenvalue weighted by Crippen LogP contribution is 2.16. The molecule has 1 aromatic rings. The van der Waals surface area contributed by atoms with Gasteiger partial charge in [0.05, 0.1) is 11.5 Å². The number of rotatable bonds is 6. The van der Waals surface area contributed by atoms with Crippen molar-refractivity contribution in [2.24, 2.45) is 0 Å². The van der Waals surface area contributed by atoms with Crippen molar-refractivity contribution in [1.29, 1.82) is 0 Å². The van der Waals surface area contributed by atoms with Crippen LogP contribution in [0.4, 0.5) is 0 Å². The van der Waals surface area contributed by atoms with Gasteiger partial charge in [-0.1, -0.05) is 6.07 Å². The molecule has 7 heteroatoms. The van der Waals surface area contributed by atoms with Gasteiger partial charge in [-0.2, -0.15) is 0 Å². The second-order valence-corrected chi connectivity index (χ2v) is 7.65. The Balaban J connectivity index is 1.69. The molecule has 0 aromatic carbocycles. The summed E-state index contributed by atoms with van der Waals surface area (Å²) in [6.45, 7) is 1.03. The van der Waals surface area contributed by atoms with Gasteiger partial charge in [0.25, 0.3) is 0 Å². The summed E-state index contributed by atoms with van der Waals surface area (Å²) in [5.41, 5.74) is 0.959. The number of nitrogens with zero attached hydrogens (tertiary/aromatic N) is 2. The molecule has 0 radical (unpaired) electrons. The first kappa shape index (κ1) is 15.9. The van der Waals surface area contributed by atoms with Gasteiger partial charge in [-0.3, -0.25) is 9.78 Å². The molecule has 1 fully saturated rings. The number of sulfone groups is 1. The smallest absolute Gasteiger partial charge is 0.221 e. The molecular formula is C14H21N3O3S. The number of aromatic nitrogens is 1. The normalized spacial score (nSPS) is 20.6. The predicted molar refractivity (Wildman–Crippen MR) is 80.4 cm³/mol. The first-order valence-corrected chi connectivity index (χ1v) is 8.85. The molecule has 6 nitrogen and oxygen atoms in total. The lowest BCUT2D eigenvalue weighted by molar-refractivity contribution is -0.121. The van der Waals surface area contributed by atoms with E-state index >= 15 is 0 Å². The van der Waals surface area contributed by atoms with Crippen LogP contribution in [0, 0.1) is 0 Å². The zero-order valence-corrected chi connectivity index (χ0v) is 13.0. The van der Waals surface area contributed by atoms with Crippen LogP contribution >= 0.6 is 0 Å². The summed E-state index contributed by atoms with van der Waals surface area (Å²) in [5.74, 6) is 0.433. The second-order valence-electron chi connectivity index (χ2n) is 5.43. The molecule has 1 saturated heterocycles. The lowest BCUT2D eigenvalue weighted by atomic mass is 10.2. The SMILES string of the molecule is CN(CCC(=O)NCc1cccnc1)C1CCS(=O)(=O)C1. The average Bonchev–Trinajstić information content (AvgIpc) is 2.84. The zero-order chi connectivity index (χ0) is 15.3. The quantitative estimate of drug-likeness (QED) is 0.812. The van der Waals surface area contributed by atoms with Gasteiger partial charge in [-0.05, 0) is 25.1 Å². The van der Waals surface area contributed by atoms with Crippen LogP contribution in [0.1, 0.15) is 18.4 Å². The number of amides is 1. The number of carbonyl (C=O) groups excluding carboxylic acids is 1. The number of carbonyl (C=O) groups is 1. The van der Waals surface area contributed by atoms with Gasteiger partial charge in [0.1, 0.15) is 0 Å². The molecule has 1 aromatic heterocycles. The Kier molecular flexibility index (Phi) is 5.30. The summed E-state index contributed by atoms with van der Waals surface area (Å²) in [7, 11) is -1.000. The minimum atomic E-state index is -2.87. The second kappa shape index (κ2) is 7.00. The molecule has 0 aliphatic carbocycles. The number of hydrogen-bond acceptors (Lipinski definition) is 5. The molecule has 0 bridgehead atoms. The molecule has 2 heterocycles. The zero-order valence-electron chi connectivity index (χ0n) is 12.2. The third-order valence-corrected chi connectivity index (χ3v) is 5.49. The molecule has 1 aliphatic heterocycles. The van der Waals surface area contributed by atoms with Crippen molar-refractivity contribution in [3.8, 4) is 0 Å². The maximum atomic E-state index is 11.8. The van der Waals surface area contributed by atoms with E-state index in [4.69, 9.17) is 0 Å². The molecule has 1 aliphatic rings. The summed E-state index contributed by atoms with van der Waals surface area (Å²) in [5, 5.41) is 2.84. The van der Waals surface area contributed by atoms with Crippen molar-refractivity contribution in [3.63, 3.8) is 0 Å². The van der Waals surface area contributed by atoms with E-state index in [0.717, 1.165) is 5.56 Å². The Labute approximate surface area is 125 Å². The van der Waals surface area contributed by atoms with Crippen molar-refractivity contribution in [3.05, 3.63) is 30.1 Å². The van der Waals surface area contributed by atoms with Gasteiger partial charge in [0, 0.05) is 37.9 Å². The standard InChI is InChI=1S/C14H21N3O3S/c1-17(13-5-8-21(19,20)11-13)7-4-14(18)16-10-12-3-2-6-15-9-12/h2-3,6,9,13H,4-5,7-8,10-11H2,1H3,(H,16,18). The monoisotopic (exact) mass is 311 g/mol. The van der Waals surface area contributed by atoms with Crippen LogP contribution in [-0.2, 0) is 21.2 Å². The van der Waals surface area contributed by atoms with E-state index in [-0.39, 0.29) is 23.5 Å². The van der Waals surface area contributed by atoms with Gasteiger partial charge in [-0.25, -0.2) is 8.42 Å². The maximum Gasteiger partial charge on any atom is 0.221 e. The first-order valence-electron chi connectivity index (χ1n) is 7.02. The molecule has 1 N–H and O–H groups in total. The van der Waals surface area contributed by atoms with E-state index in [2.05, 4.69) is 10.3 Å². The van der Waals surface area contributed by atoms with Crippen LogP contribution in [0.15, 0.2) is 24.5 Å². The molecule has 116 valence electrons. The van der Waals surface area contributed by atoms with Crippen LogP contribution in [0.3, 0.4) is 0 Å². The summed E-state index contributed by atoms with van der Waals surface area (Å²) < 4.78 is 22.9. The molecule has 0 spiro atoms. The Morgan fingerprint density at radius 1 is 1.52 bits per heavy atom. The van der Waals surface area contributed by atoms with Crippen molar-refractivity contribution in [2.75, 3.05) is 25.1 Å². The van der Waals surface area contributed by atoms with E-state index in [9.17, 15) is 13.2 Å². The fourth-order valence-corrected chi connectivity index (χ4v) is 4.18. The predicted octanol–water partition coefficient (Wildman–Crippen LogP) is 0.207. The van der Waals surface area contributed by atoms with Crippen LogP contribution in [0.25, 0.3) is 0 Å². The minimum Gasteiger partial charge on any atom is -0.352 e. The third kappa shape index (κ3) is 5.09. The topological polar surface area (TPSA) is 79.4 Å². The Hall–Kier alpha value is -1.47.